The molecule has 0 atom stereocenters. The van der Waals surface area contributed by atoms with Crippen molar-refractivity contribution in [3.63, 3.8) is 0 Å². The van der Waals surface area contributed by atoms with Crippen molar-refractivity contribution in [2.45, 2.75) is 6.42 Å². The van der Waals surface area contributed by atoms with Crippen LogP contribution in [-0.2, 0) is 14.3 Å². The van der Waals surface area contributed by atoms with Gasteiger partial charge in [0.05, 0.1) is 25.0 Å². The summed E-state index contributed by atoms with van der Waals surface area (Å²) in [6.45, 7) is 7.98. The van der Waals surface area contributed by atoms with Gasteiger partial charge in [-0.05, 0) is 72.8 Å². The van der Waals surface area contributed by atoms with Crippen molar-refractivity contribution < 1.29 is 42.7 Å². The molecule has 9 heteroatoms. The maximum absolute atomic E-state index is 12.3. The van der Waals surface area contributed by atoms with Crippen LogP contribution in [0.1, 0.15) is 16.8 Å². The van der Waals surface area contributed by atoms with Gasteiger partial charge >= 0.3 is 11.9 Å². The van der Waals surface area contributed by atoms with Crippen molar-refractivity contribution in [3.8, 4) is 28.7 Å². The van der Waals surface area contributed by atoms with Gasteiger partial charge < -0.3 is 33.2 Å². The maximum atomic E-state index is 12.3. The number of carbonyl (C=O) groups excluding carboxylic acids is 2. The Hall–Kier alpha value is -4.76. The first kappa shape index (κ1) is 27.8. The van der Waals surface area contributed by atoms with Crippen LogP contribution in [0.3, 0.4) is 0 Å². The molecule has 0 N–H and O–H groups in total. The van der Waals surface area contributed by atoms with Crippen molar-refractivity contribution >= 4 is 11.9 Å². The Bertz CT molecular complexity index is 1170. The largest absolute Gasteiger partial charge is 0.494 e. The van der Waals surface area contributed by atoms with Crippen LogP contribution >= 0.6 is 0 Å². The number of benzene rings is 3. The van der Waals surface area contributed by atoms with E-state index in [9.17, 15) is 9.59 Å². The van der Waals surface area contributed by atoms with Crippen LogP contribution in [0, 0.1) is 0 Å². The Labute approximate surface area is 220 Å². The molecule has 0 bridgehead atoms. The zero-order valence-corrected chi connectivity index (χ0v) is 20.7. The van der Waals surface area contributed by atoms with Crippen molar-refractivity contribution in [2.24, 2.45) is 0 Å². The molecule has 0 unspecified atom stereocenters. The van der Waals surface area contributed by atoms with E-state index in [0.29, 0.717) is 41.8 Å². The highest BCUT2D eigenvalue weighted by molar-refractivity contribution is 5.91. The smallest absolute Gasteiger partial charge is 0.343 e. The lowest BCUT2D eigenvalue weighted by Gasteiger charge is -2.11. The second kappa shape index (κ2) is 15.4. The van der Waals surface area contributed by atoms with E-state index in [1.165, 1.54) is 30.5 Å². The van der Waals surface area contributed by atoms with Crippen LogP contribution in [-0.4, -0.2) is 38.7 Å². The van der Waals surface area contributed by atoms with E-state index in [1.54, 1.807) is 36.4 Å². The molecule has 0 aromatic heterocycles. The van der Waals surface area contributed by atoms with Gasteiger partial charge in [-0.2, -0.15) is 0 Å². The molecular weight excluding hydrogens is 492 g/mol. The zero-order valence-electron chi connectivity index (χ0n) is 20.7. The minimum absolute atomic E-state index is 0.00771. The number of esters is 2. The number of ether oxygens (including phenoxy) is 7. The molecule has 0 aliphatic heterocycles. The lowest BCUT2D eigenvalue weighted by atomic mass is 10.2. The van der Waals surface area contributed by atoms with Crippen molar-refractivity contribution in [3.05, 3.63) is 104 Å². The zero-order chi connectivity index (χ0) is 27.0. The third-order valence-corrected chi connectivity index (χ3v) is 4.76. The predicted molar refractivity (Wildman–Crippen MR) is 138 cm³/mol. The first-order valence-electron chi connectivity index (χ1n) is 11.6. The lowest BCUT2D eigenvalue weighted by Crippen LogP contribution is -2.09. The average molecular weight is 521 g/mol. The summed E-state index contributed by atoms with van der Waals surface area (Å²) in [6, 6.07) is 19.7. The quantitative estimate of drug-likeness (QED) is 0.0621. The summed E-state index contributed by atoms with van der Waals surface area (Å²) in [4.78, 5) is 23.6. The molecule has 3 aromatic rings. The summed E-state index contributed by atoms with van der Waals surface area (Å²) in [5.41, 5.74) is 0.303. The van der Waals surface area contributed by atoms with Gasteiger partial charge in [-0.3, -0.25) is 0 Å². The lowest BCUT2D eigenvalue weighted by molar-refractivity contribution is -0.128. The van der Waals surface area contributed by atoms with Crippen LogP contribution in [0.5, 0.6) is 28.7 Å². The number of hydrogen-bond donors (Lipinski definition) is 0. The fraction of sp³-hybridized carbons (Fsp3) is 0.172. The second-order valence-corrected chi connectivity index (χ2v) is 7.45. The molecule has 3 aromatic carbocycles. The Balaban J connectivity index is 1.36. The van der Waals surface area contributed by atoms with Gasteiger partial charge in [0.25, 0.3) is 0 Å². The van der Waals surface area contributed by atoms with E-state index in [-0.39, 0.29) is 13.6 Å². The fourth-order valence-electron chi connectivity index (χ4n) is 2.89. The van der Waals surface area contributed by atoms with Gasteiger partial charge in [0.1, 0.15) is 28.7 Å². The summed E-state index contributed by atoms with van der Waals surface area (Å²) < 4.78 is 37.3. The first-order valence-corrected chi connectivity index (χ1v) is 11.6. The topological polar surface area (TPSA) is 98.8 Å². The SMILES string of the molecule is C=COCOCCCOc1ccc(OCOc2ccc(OC(=O)c3ccc(OC(=O)C=C)cc3)cc2)cc1. The molecule has 0 fully saturated rings. The van der Waals surface area contributed by atoms with Gasteiger partial charge in [0, 0.05) is 12.5 Å². The van der Waals surface area contributed by atoms with E-state index in [0.717, 1.165) is 18.2 Å². The van der Waals surface area contributed by atoms with Crippen molar-refractivity contribution in [1.82, 2.24) is 0 Å². The molecule has 0 saturated carbocycles. The second-order valence-electron chi connectivity index (χ2n) is 7.45. The minimum atomic E-state index is -0.583. The molecular formula is C29H28O9. The molecule has 0 aliphatic rings. The van der Waals surface area contributed by atoms with Crippen LogP contribution in [0.15, 0.2) is 98.3 Å². The molecule has 3 rings (SSSR count). The number of rotatable bonds is 16. The highest BCUT2D eigenvalue weighted by Crippen LogP contribution is 2.21. The Morgan fingerprint density at radius 1 is 0.632 bits per heavy atom. The molecule has 0 aliphatic carbocycles. The molecule has 0 heterocycles. The van der Waals surface area contributed by atoms with E-state index in [2.05, 4.69) is 13.2 Å². The van der Waals surface area contributed by atoms with Gasteiger partial charge in [-0.1, -0.05) is 13.2 Å². The molecule has 9 nitrogen and oxygen atoms in total. The van der Waals surface area contributed by atoms with Crippen LogP contribution in [0.4, 0.5) is 0 Å². The van der Waals surface area contributed by atoms with Crippen molar-refractivity contribution in [1.29, 1.82) is 0 Å². The molecule has 0 saturated heterocycles. The highest BCUT2D eigenvalue weighted by atomic mass is 16.7. The monoisotopic (exact) mass is 520 g/mol. The van der Waals surface area contributed by atoms with E-state index >= 15 is 0 Å². The third-order valence-electron chi connectivity index (χ3n) is 4.76. The van der Waals surface area contributed by atoms with Crippen LogP contribution in [0.25, 0.3) is 0 Å². The highest BCUT2D eigenvalue weighted by Gasteiger charge is 2.10. The van der Waals surface area contributed by atoms with Gasteiger partial charge in [-0.15, -0.1) is 0 Å². The molecule has 0 radical (unpaired) electrons. The molecule has 0 amide bonds. The summed E-state index contributed by atoms with van der Waals surface area (Å²) in [6.07, 6.45) is 3.11. The van der Waals surface area contributed by atoms with Gasteiger partial charge in [0.15, 0.2) is 6.79 Å². The molecule has 38 heavy (non-hydrogen) atoms. The van der Waals surface area contributed by atoms with Gasteiger partial charge in [0.2, 0.25) is 6.79 Å². The summed E-state index contributed by atoms with van der Waals surface area (Å²) in [7, 11) is 0. The molecule has 0 spiro atoms. The van der Waals surface area contributed by atoms with E-state index < -0.39 is 11.9 Å². The van der Waals surface area contributed by atoms with Crippen LogP contribution in [0.2, 0.25) is 0 Å². The maximum Gasteiger partial charge on any atom is 0.343 e. The summed E-state index contributed by atoms with van der Waals surface area (Å²) >= 11 is 0. The van der Waals surface area contributed by atoms with Crippen LogP contribution < -0.4 is 23.7 Å². The minimum Gasteiger partial charge on any atom is -0.494 e. The predicted octanol–water partition coefficient (Wildman–Crippen LogP) is 5.32. The Kier molecular flexibility index (Phi) is 11.3. The summed E-state index contributed by atoms with van der Waals surface area (Å²) in [5.74, 6) is 1.39. The normalized spacial score (nSPS) is 10.1. The number of hydrogen-bond acceptors (Lipinski definition) is 9. The fourth-order valence-corrected chi connectivity index (χ4v) is 2.89. The van der Waals surface area contributed by atoms with E-state index in [1.807, 2.05) is 12.1 Å². The first-order chi connectivity index (χ1) is 18.6. The van der Waals surface area contributed by atoms with Crippen molar-refractivity contribution in [2.75, 3.05) is 26.8 Å². The Morgan fingerprint density at radius 2 is 1.16 bits per heavy atom. The molecule has 198 valence electrons. The standard InChI is InChI=1S/C29H28O9/c1-3-28(30)37-26-8-6-22(7-9-26)29(31)38-27-16-14-25(15-17-27)36-21-35-24-12-10-23(11-13-24)34-19-5-18-33-20-32-4-2/h3-4,6-17H,1-2,5,18-21H2. The third kappa shape index (κ3) is 9.71. The number of carbonyl (C=O) groups is 2. The van der Waals surface area contributed by atoms with Gasteiger partial charge in [-0.25, -0.2) is 9.59 Å². The summed E-state index contributed by atoms with van der Waals surface area (Å²) in [5, 5.41) is 0. The van der Waals surface area contributed by atoms with E-state index in [4.69, 9.17) is 33.2 Å². The average Bonchev–Trinajstić information content (AvgIpc) is 2.94. The Morgan fingerprint density at radius 3 is 1.74 bits per heavy atom.